The minimum atomic E-state index is -0.763. The van der Waals surface area contributed by atoms with E-state index in [1.807, 2.05) is 12.1 Å². The van der Waals surface area contributed by atoms with Gasteiger partial charge in [0, 0.05) is 23.9 Å². The molecule has 4 N–H and O–H groups in total. The number of halogens is 1. The van der Waals surface area contributed by atoms with E-state index >= 15 is 0 Å². The van der Waals surface area contributed by atoms with Crippen molar-refractivity contribution in [1.29, 1.82) is 0 Å². The number of nitrogens with two attached hydrogens (primary N) is 1. The number of hydrogen-bond donors (Lipinski definition) is 3. The SMILES string of the molecule is Nc1ccc(CCC(=O)Nc2ccc(O)c(F)c2)cc1. The van der Waals surface area contributed by atoms with Crippen molar-refractivity contribution in [3.63, 3.8) is 0 Å². The average molecular weight is 274 g/mol. The Morgan fingerprint density at radius 3 is 2.55 bits per heavy atom. The van der Waals surface area contributed by atoms with Crippen LogP contribution in [0.2, 0.25) is 0 Å². The summed E-state index contributed by atoms with van der Waals surface area (Å²) in [6.45, 7) is 0. The van der Waals surface area contributed by atoms with Gasteiger partial charge in [0.15, 0.2) is 11.6 Å². The number of hydrogen-bond acceptors (Lipinski definition) is 3. The average Bonchev–Trinajstić information content (AvgIpc) is 2.42. The lowest BCUT2D eigenvalue weighted by Crippen LogP contribution is -2.12. The van der Waals surface area contributed by atoms with E-state index in [9.17, 15) is 9.18 Å². The second kappa shape index (κ2) is 6.06. The van der Waals surface area contributed by atoms with Crippen LogP contribution in [-0.2, 0) is 11.2 Å². The molecular formula is C15H15FN2O2. The van der Waals surface area contributed by atoms with Gasteiger partial charge in [0.2, 0.25) is 5.91 Å². The number of carbonyl (C=O) groups is 1. The Kier molecular flexibility index (Phi) is 4.20. The van der Waals surface area contributed by atoms with Crippen molar-refractivity contribution in [2.24, 2.45) is 0 Å². The normalized spacial score (nSPS) is 10.2. The summed E-state index contributed by atoms with van der Waals surface area (Å²) in [5, 5.41) is 11.6. The van der Waals surface area contributed by atoms with Crippen molar-refractivity contribution < 1.29 is 14.3 Å². The fourth-order valence-electron chi connectivity index (χ4n) is 1.75. The Morgan fingerprint density at radius 2 is 1.90 bits per heavy atom. The second-order valence-electron chi connectivity index (χ2n) is 4.46. The first-order chi connectivity index (χ1) is 9.54. The molecule has 0 unspecified atom stereocenters. The summed E-state index contributed by atoms with van der Waals surface area (Å²) in [4.78, 5) is 11.7. The van der Waals surface area contributed by atoms with Crippen LogP contribution in [0.4, 0.5) is 15.8 Å². The minimum Gasteiger partial charge on any atom is -0.505 e. The summed E-state index contributed by atoms with van der Waals surface area (Å²) >= 11 is 0. The molecule has 0 aromatic heterocycles. The maximum Gasteiger partial charge on any atom is 0.224 e. The molecule has 0 aliphatic heterocycles. The molecule has 2 aromatic carbocycles. The smallest absolute Gasteiger partial charge is 0.224 e. The fourth-order valence-corrected chi connectivity index (χ4v) is 1.75. The van der Waals surface area contributed by atoms with E-state index in [2.05, 4.69) is 5.32 Å². The first kappa shape index (κ1) is 13.9. The Hall–Kier alpha value is -2.56. The largest absolute Gasteiger partial charge is 0.505 e. The summed E-state index contributed by atoms with van der Waals surface area (Å²) in [5.74, 6) is -1.42. The lowest BCUT2D eigenvalue weighted by molar-refractivity contribution is -0.116. The van der Waals surface area contributed by atoms with Gasteiger partial charge in [-0.3, -0.25) is 4.79 Å². The predicted octanol–water partition coefficient (Wildman–Crippen LogP) is 2.68. The zero-order valence-electron chi connectivity index (χ0n) is 10.8. The van der Waals surface area contributed by atoms with E-state index < -0.39 is 11.6 Å². The lowest BCUT2D eigenvalue weighted by Gasteiger charge is -2.06. The van der Waals surface area contributed by atoms with E-state index in [1.165, 1.54) is 12.1 Å². The first-order valence-corrected chi connectivity index (χ1v) is 6.17. The van der Waals surface area contributed by atoms with Crippen LogP contribution in [-0.4, -0.2) is 11.0 Å². The van der Waals surface area contributed by atoms with Crippen LogP contribution >= 0.6 is 0 Å². The van der Waals surface area contributed by atoms with Gasteiger partial charge in [0.05, 0.1) is 0 Å². The summed E-state index contributed by atoms with van der Waals surface area (Å²) in [7, 11) is 0. The maximum absolute atomic E-state index is 13.1. The van der Waals surface area contributed by atoms with Crippen LogP contribution in [0.25, 0.3) is 0 Å². The van der Waals surface area contributed by atoms with Gasteiger partial charge in [0.1, 0.15) is 0 Å². The summed E-state index contributed by atoms with van der Waals surface area (Å²) in [6.07, 6.45) is 0.860. The van der Waals surface area contributed by atoms with Crippen LogP contribution < -0.4 is 11.1 Å². The quantitative estimate of drug-likeness (QED) is 0.592. The van der Waals surface area contributed by atoms with Crippen LogP contribution in [0.15, 0.2) is 42.5 Å². The maximum atomic E-state index is 13.1. The van der Waals surface area contributed by atoms with Gasteiger partial charge in [-0.2, -0.15) is 0 Å². The number of rotatable bonds is 4. The van der Waals surface area contributed by atoms with E-state index in [0.717, 1.165) is 11.6 Å². The molecule has 2 rings (SSSR count). The molecule has 0 atom stereocenters. The standard InChI is InChI=1S/C15H15FN2O2/c16-13-9-12(6-7-14(13)19)18-15(20)8-3-10-1-4-11(17)5-2-10/h1-2,4-7,9,19H,3,8,17H2,(H,18,20). The Morgan fingerprint density at radius 1 is 1.20 bits per heavy atom. The van der Waals surface area contributed by atoms with Gasteiger partial charge in [-0.05, 0) is 36.2 Å². The van der Waals surface area contributed by atoms with Crippen LogP contribution in [0.3, 0.4) is 0 Å². The van der Waals surface area contributed by atoms with E-state index in [1.54, 1.807) is 12.1 Å². The van der Waals surface area contributed by atoms with Gasteiger partial charge in [0.25, 0.3) is 0 Å². The van der Waals surface area contributed by atoms with Crippen molar-refractivity contribution in [2.75, 3.05) is 11.1 Å². The minimum absolute atomic E-state index is 0.216. The molecule has 0 radical (unpaired) electrons. The molecule has 0 heterocycles. The van der Waals surface area contributed by atoms with Crippen molar-refractivity contribution >= 4 is 17.3 Å². The van der Waals surface area contributed by atoms with Crippen LogP contribution in [0.1, 0.15) is 12.0 Å². The number of carbonyl (C=O) groups excluding carboxylic acids is 1. The van der Waals surface area contributed by atoms with Gasteiger partial charge in [-0.1, -0.05) is 12.1 Å². The topological polar surface area (TPSA) is 75.4 Å². The third-order valence-corrected chi connectivity index (χ3v) is 2.85. The second-order valence-corrected chi connectivity index (χ2v) is 4.46. The van der Waals surface area contributed by atoms with Gasteiger partial charge in [-0.25, -0.2) is 4.39 Å². The Balaban J connectivity index is 1.89. The van der Waals surface area contributed by atoms with E-state index in [4.69, 9.17) is 10.8 Å². The van der Waals surface area contributed by atoms with Gasteiger partial charge < -0.3 is 16.2 Å². The number of phenolic OH excluding ortho intramolecular Hbond substituents is 1. The summed E-state index contributed by atoms with van der Waals surface area (Å²) in [5.41, 5.74) is 7.58. The molecule has 0 saturated heterocycles. The molecular weight excluding hydrogens is 259 g/mol. The molecule has 0 spiro atoms. The molecule has 0 saturated carbocycles. The monoisotopic (exact) mass is 274 g/mol. The number of benzene rings is 2. The molecule has 0 aliphatic carbocycles. The van der Waals surface area contributed by atoms with Gasteiger partial charge in [-0.15, -0.1) is 0 Å². The molecule has 5 heteroatoms. The number of nitrogen functional groups attached to an aromatic ring is 1. The van der Waals surface area contributed by atoms with E-state index in [-0.39, 0.29) is 12.3 Å². The molecule has 20 heavy (non-hydrogen) atoms. The molecule has 0 aliphatic rings. The number of amides is 1. The number of phenols is 1. The lowest BCUT2D eigenvalue weighted by atomic mass is 10.1. The highest BCUT2D eigenvalue weighted by molar-refractivity contribution is 5.90. The zero-order chi connectivity index (χ0) is 14.5. The summed E-state index contributed by atoms with van der Waals surface area (Å²) in [6, 6.07) is 11.0. The number of aromatic hydroxyl groups is 1. The highest BCUT2D eigenvalue weighted by Gasteiger charge is 2.06. The zero-order valence-corrected chi connectivity index (χ0v) is 10.8. The van der Waals surface area contributed by atoms with Crippen molar-refractivity contribution in [2.45, 2.75) is 12.8 Å². The molecule has 104 valence electrons. The van der Waals surface area contributed by atoms with Crippen molar-refractivity contribution in [3.05, 3.63) is 53.8 Å². The Bertz CT molecular complexity index is 612. The van der Waals surface area contributed by atoms with Crippen molar-refractivity contribution in [3.8, 4) is 5.75 Å². The highest BCUT2D eigenvalue weighted by Crippen LogP contribution is 2.19. The third-order valence-electron chi connectivity index (χ3n) is 2.85. The molecule has 0 fully saturated rings. The molecule has 1 amide bonds. The van der Waals surface area contributed by atoms with Crippen LogP contribution in [0.5, 0.6) is 5.75 Å². The highest BCUT2D eigenvalue weighted by atomic mass is 19.1. The predicted molar refractivity (Wildman–Crippen MR) is 75.9 cm³/mol. The van der Waals surface area contributed by atoms with Crippen molar-refractivity contribution in [1.82, 2.24) is 0 Å². The number of anilines is 2. The van der Waals surface area contributed by atoms with Gasteiger partial charge >= 0.3 is 0 Å². The third kappa shape index (κ3) is 3.71. The Labute approximate surface area is 116 Å². The number of nitrogens with one attached hydrogen (secondary N) is 1. The molecule has 0 bridgehead atoms. The first-order valence-electron chi connectivity index (χ1n) is 6.17. The number of aryl methyl sites for hydroxylation is 1. The molecule has 4 nitrogen and oxygen atoms in total. The molecule has 2 aromatic rings. The van der Waals surface area contributed by atoms with Crippen LogP contribution in [0, 0.1) is 5.82 Å². The summed E-state index contributed by atoms with van der Waals surface area (Å²) < 4.78 is 13.1. The van der Waals surface area contributed by atoms with E-state index in [0.29, 0.717) is 17.8 Å². The fraction of sp³-hybridized carbons (Fsp3) is 0.133.